The van der Waals surface area contributed by atoms with Gasteiger partial charge in [-0.2, -0.15) is 4.31 Å². The third-order valence-corrected chi connectivity index (χ3v) is 4.77. The van der Waals surface area contributed by atoms with E-state index in [2.05, 4.69) is 0 Å². The highest BCUT2D eigenvalue weighted by Gasteiger charge is 2.27. The summed E-state index contributed by atoms with van der Waals surface area (Å²) in [5, 5.41) is 0.0561. The number of carbonyl (C=O) groups excluding carboxylic acids is 1. The van der Waals surface area contributed by atoms with E-state index in [1.54, 1.807) is 0 Å². The smallest absolute Gasteiger partial charge is 0.255 e. The van der Waals surface area contributed by atoms with Crippen LogP contribution in [0.15, 0.2) is 18.2 Å². The molecule has 1 aliphatic heterocycles. The summed E-state index contributed by atoms with van der Waals surface area (Å²) in [4.78, 5) is 13.8. The third-order valence-electron chi connectivity index (χ3n) is 3.16. The monoisotopic (exact) mass is 320 g/mol. The standard InChI is InChI=1S/C12H14ClFN2O3S/c1-20(18,19)16-6-4-15(5-7-16)12(17)10-3-2-9(14)8-11(10)13/h2-3,8H,4-7H2,1H3. The molecule has 0 N–H and O–H groups in total. The summed E-state index contributed by atoms with van der Waals surface area (Å²) in [7, 11) is -3.23. The highest BCUT2D eigenvalue weighted by molar-refractivity contribution is 7.88. The summed E-state index contributed by atoms with van der Waals surface area (Å²) < 4.78 is 37.0. The largest absolute Gasteiger partial charge is 0.336 e. The molecule has 0 saturated carbocycles. The Labute approximate surface area is 122 Å². The van der Waals surface area contributed by atoms with Crippen molar-refractivity contribution in [3.63, 3.8) is 0 Å². The summed E-state index contributed by atoms with van der Waals surface area (Å²) >= 11 is 5.85. The van der Waals surface area contributed by atoms with E-state index in [-0.39, 0.29) is 29.6 Å². The lowest BCUT2D eigenvalue weighted by Crippen LogP contribution is -2.50. The number of benzene rings is 1. The van der Waals surface area contributed by atoms with Gasteiger partial charge >= 0.3 is 0 Å². The second kappa shape index (κ2) is 5.67. The molecule has 0 unspecified atom stereocenters. The molecule has 1 amide bonds. The van der Waals surface area contributed by atoms with Crippen LogP contribution in [0.1, 0.15) is 10.4 Å². The number of hydrogen-bond donors (Lipinski definition) is 0. The molecular formula is C12H14ClFN2O3S. The fourth-order valence-corrected chi connectivity index (χ4v) is 3.13. The van der Waals surface area contributed by atoms with Gasteiger partial charge in [-0.15, -0.1) is 0 Å². The van der Waals surface area contributed by atoms with Crippen LogP contribution in [0.5, 0.6) is 0 Å². The first-order chi connectivity index (χ1) is 9.29. The van der Waals surface area contributed by atoms with E-state index in [1.165, 1.54) is 21.3 Å². The molecule has 1 heterocycles. The van der Waals surface area contributed by atoms with Crippen molar-refractivity contribution in [2.45, 2.75) is 0 Å². The van der Waals surface area contributed by atoms with Gasteiger partial charge in [-0.1, -0.05) is 11.6 Å². The van der Waals surface area contributed by atoms with Crippen LogP contribution in [0.3, 0.4) is 0 Å². The van der Waals surface area contributed by atoms with E-state index >= 15 is 0 Å². The quantitative estimate of drug-likeness (QED) is 0.822. The van der Waals surface area contributed by atoms with Crippen LogP contribution in [0.2, 0.25) is 5.02 Å². The minimum absolute atomic E-state index is 0.0561. The minimum atomic E-state index is -3.23. The minimum Gasteiger partial charge on any atom is -0.336 e. The van der Waals surface area contributed by atoms with E-state index in [0.717, 1.165) is 12.3 Å². The highest BCUT2D eigenvalue weighted by atomic mass is 35.5. The van der Waals surface area contributed by atoms with Crippen molar-refractivity contribution in [3.05, 3.63) is 34.6 Å². The van der Waals surface area contributed by atoms with Crippen molar-refractivity contribution in [1.82, 2.24) is 9.21 Å². The van der Waals surface area contributed by atoms with Crippen LogP contribution in [0, 0.1) is 5.82 Å². The van der Waals surface area contributed by atoms with Crippen molar-refractivity contribution >= 4 is 27.5 Å². The predicted octanol–water partition coefficient (Wildman–Crippen LogP) is 1.20. The molecule has 2 rings (SSSR count). The van der Waals surface area contributed by atoms with Gasteiger partial charge in [-0.25, -0.2) is 12.8 Å². The summed E-state index contributed by atoms with van der Waals surface area (Å²) in [5.74, 6) is -0.823. The van der Waals surface area contributed by atoms with Gasteiger partial charge < -0.3 is 4.90 Å². The van der Waals surface area contributed by atoms with E-state index in [1.807, 2.05) is 0 Å². The first kappa shape index (κ1) is 15.2. The molecule has 0 spiro atoms. The Balaban J connectivity index is 2.09. The maximum Gasteiger partial charge on any atom is 0.255 e. The Hall–Kier alpha value is -1.18. The zero-order chi connectivity index (χ0) is 14.9. The van der Waals surface area contributed by atoms with Crippen LogP contribution < -0.4 is 0 Å². The van der Waals surface area contributed by atoms with Crippen LogP contribution >= 0.6 is 11.6 Å². The van der Waals surface area contributed by atoms with Gasteiger partial charge in [0.1, 0.15) is 5.82 Å². The van der Waals surface area contributed by atoms with Gasteiger partial charge in [0.15, 0.2) is 0 Å². The SMILES string of the molecule is CS(=O)(=O)N1CCN(C(=O)c2ccc(F)cc2Cl)CC1. The first-order valence-electron chi connectivity index (χ1n) is 5.98. The molecule has 110 valence electrons. The van der Waals surface area contributed by atoms with Crippen molar-refractivity contribution in [2.75, 3.05) is 32.4 Å². The first-order valence-corrected chi connectivity index (χ1v) is 8.21. The lowest BCUT2D eigenvalue weighted by atomic mass is 10.2. The second-order valence-electron chi connectivity index (χ2n) is 4.58. The number of nitrogens with zero attached hydrogens (tertiary/aromatic N) is 2. The fourth-order valence-electron chi connectivity index (χ4n) is 2.06. The molecule has 0 bridgehead atoms. The van der Waals surface area contributed by atoms with Gasteiger partial charge in [-0.3, -0.25) is 4.79 Å². The molecule has 8 heteroatoms. The van der Waals surface area contributed by atoms with Gasteiger partial charge in [0.05, 0.1) is 16.8 Å². The molecule has 20 heavy (non-hydrogen) atoms. The van der Waals surface area contributed by atoms with E-state index in [9.17, 15) is 17.6 Å². The lowest BCUT2D eigenvalue weighted by Gasteiger charge is -2.33. The van der Waals surface area contributed by atoms with Crippen molar-refractivity contribution < 1.29 is 17.6 Å². The summed E-state index contributed by atoms with van der Waals surface area (Å²) in [6.07, 6.45) is 1.14. The van der Waals surface area contributed by atoms with Crippen LogP contribution in [-0.2, 0) is 10.0 Å². The number of amides is 1. The van der Waals surface area contributed by atoms with Crippen molar-refractivity contribution in [1.29, 1.82) is 0 Å². The number of hydrogen-bond acceptors (Lipinski definition) is 3. The molecule has 5 nitrogen and oxygen atoms in total. The van der Waals surface area contributed by atoms with E-state index < -0.39 is 15.8 Å². The number of carbonyl (C=O) groups is 1. The van der Waals surface area contributed by atoms with Crippen LogP contribution in [0.4, 0.5) is 4.39 Å². The summed E-state index contributed by atoms with van der Waals surface area (Å²) in [5.41, 5.74) is 0.223. The van der Waals surface area contributed by atoms with Gasteiger partial charge in [0.25, 0.3) is 5.91 Å². The zero-order valence-corrected chi connectivity index (χ0v) is 12.4. The molecule has 1 aliphatic rings. The Morgan fingerprint density at radius 2 is 1.85 bits per heavy atom. The van der Waals surface area contributed by atoms with Crippen molar-refractivity contribution in [2.24, 2.45) is 0 Å². The highest BCUT2D eigenvalue weighted by Crippen LogP contribution is 2.20. The predicted molar refractivity (Wildman–Crippen MR) is 73.7 cm³/mol. The number of sulfonamides is 1. The van der Waals surface area contributed by atoms with E-state index in [4.69, 9.17) is 11.6 Å². The normalized spacial score (nSPS) is 17.2. The maximum atomic E-state index is 13.0. The van der Waals surface area contributed by atoms with Gasteiger partial charge in [-0.05, 0) is 18.2 Å². The summed E-state index contributed by atoms with van der Waals surface area (Å²) in [6, 6.07) is 3.59. The lowest BCUT2D eigenvalue weighted by molar-refractivity contribution is 0.0698. The second-order valence-corrected chi connectivity index (χ2v) is 6.97. The van der Waals surface area contributed by atoms with Crippen molar-refractivity contribution in [3.8, 4) is 0 Å². The average Bonchev–Trinajstić information content (AvgIpc) is 2.37. The number of piperazine rings is 1. The zero-order valence-electron chi connectivity index (χ0n) is 10.8. The topological polar surface area (TPSA) is 57.7 Å². The van der Waals surface area contributed by atoms with Gasteiger partial charge in [0, 0.05) is 26.2 Å². The van der Waals surface area contributed by atoms with Crippen LogP contribution in [-0.4, -0.2) is 56.0 Å². The Bertz CT molecular complexity index is 628. The molecule has 1 fully saturated rings. The van der Waals surface area contributed by atoms with Gasteiger partial charge in [0.2, 0.25) is 10.0 Å². The third kappa shape index (κ3) is 3.28. The van der Waals surface area contributed by atoms with Crippen LogP contribution in [0.25, 0.3) is 0 Å². The molecule has 0 atom stereocenters. The molecule has 1 aromatic carbocycles. The fraction of sp³-hybridized carbons (Fsp3) is 0.417. The molecule has 1 saturated heterocycles. The van der Waals surface area contributed by atoms with E-state index in [0.29, 0.717) is 13.1 Å². The molecule has 1 aromatic rings. The average molecular weight is 321 g/mol. The Kier molecular flexibility index (Phi) is 4.31. The Morgan fingerprint density at radius 1 is 1.25 bits per heavy atom. The summed E-state index contributed by atoms with van der Waals surface area (Å²) in [6.45, 7) is 1.09. The molecular weight excluding hydrogens is 307 g/mol. The number of rotatable bonds is 2. The number of halogens is 2. The molecule has 0 aliphatic carbocycles. The Morgan fingerprint density at radius 3 is 2.35 bits per heavy atom. The maximum absolute atomic E-state index is 13.0. The molecule has 0 radical (unpaired) electrons. The molecule has 0 aromatic heterocycles.